The van der Waals surface area contributed by atoms with Crippen LogP contribution in [0.2, 0.25) is 15.1 Å². The van der Waals surface area contributed by atoms with Crippen LogP contribution in [-0.4, -0.2) is 23.0 Å². The minimum absolute atomic E-state index is 0.222. The molecule has 0 aliphatic carbocycles. The highest BCUT2D eigenvalue weighted by Crippen LogP contribution is 2.42. The predicted molar refractivity (Wildman–Crippen MR) is 171 cm³/mol. The average Bonchev–Trinajstić information content (AvgIpc) is 3.42. The summed E-state index contributed by atoms with van der Waals surface area (Å²) in [7, 11) is 1.51. The average molecular weight is 684 g/mol. The van der Waals surface area contributed by atoms with E-state index in [9.17, 15) is 4.79 Å². The van der Waals surface area contributed by atoms with Crippen molar-refractivity contribution in [2.24, 2.45) is 5.10 Å². The van der Waals surface area contributed by atoms with Gasteiger partial charge in [0.15, 0.2) is 17.3 Å². The van der Waals surface area contributed by atoms with E-state index in [1.165, 1.54) is 18.0 Å². The first-order valence-corrected chi connectivity index (χ1v) is 14.4. The number of aromatic nitrogens is 2. The Kier molecular flexibility index (Phi) is 7.96. The van der Waals surface area contributed by atoms with Crippen molar-refractivity contribution in [1.29, 1.82) is 0 Å². The number of furan rings is 1. The van der Waals surface area contributed by atoms with E-state index in [-0.39, 0.29) is 23.0 Å². The molecule has 210 valence electrons. The third-order valence-corrected chi connectivity index (χ3v) is 8.37. The number of fused-ring (bicyclic) bond motifs is 2. The van der Waals surface area contributed by atoms with Crippen LogP contribution in [0.15, 0.2) is 97.6 Å². The number of hydrogen-bond acceptors (Lipinski definition) is 6. The maximum atomic E-state index is 13.6. The van der Waals surface area contributed by atoms with Gasteiger partial charge >= 0.3 is 0 Å². The molecule has 0 atom stereocenters. The van der Waals surface area contributed by atoms with Crippen LogP contribution in [0.3, 0.4) is 0 Å². The number of rotatable bonds is 7. The molecule has 0 N–H and O–H groups in total. The molecular formula is C31H19BrCl3N3O4. The van der Waals surface area contributed by atoms with Crippen molar-refractivity contribution in [2.45, 2.75) is 6.61 Å². The molecule has 11 heteroatoms. The van der Waals surface area contributed by atoms with Crippen molar-refractivity contribution in [3.05, 3.63) is 120 Å². The molecule has 0 fully saturated rings. The molecule has 0 aliphatic rings. The van der Waals surface area contributed by atoms with E-state index in [4.69, 9.17) is 53.7 Å². The van der Waals surface area contributed by atoms with Gasteiger partial charge < -0.3 is 13.9 Å². The van der Waals surface area contributed by atoms with Gasteiger partial charge in [0.1, 0.15) is 17.2 Å². The molecule has 0 spiro atoms. The fourth-order valence-electron chi connectivity index (χ4n) is 4.36. The molecular weight excluding hydrogens is 665 g/mol. The Balaban J connectivity index is 1.42. The van der Waals surface area contributed by atoms with Gasteiger partial charge in [-0.15, -0.1) is 0 Å². The molecule has 6 aromatic rings. The fraction of sp³-hybridized carbons (Fsp3) is 0.0645. The van der Waals surface area contributed by atoms with E-state index in [1.807, 2.05) is 18.2 Å². The standard InChI is InChI=1S/C31H19BrCl3N3O4/c1-40-25-14-19(27(32)28(35)29(25)41-16-17-6-8-20(33)9-7-17)15-36-38-30(37-23-5-3-2-4-22(23)31(38)39)26-13-18-12-21(34)10-11-24(18)42-26/h2-15H,16H2,1H3. The van der Waals surface area contributed by atoms with Crippen LogP contribution < -0.4 is 15.0 Å². The van der Waals surface area contributed by atoms with Gasteiger partial charge in [-0.25, -0.2) is 4.98 Å². The monoisotopic (exact) mass is 681 g/mol. The van der Waals surface area contributed by atoms with Gasteiger partial charge in [-0.1, -0.05) is 59.1 Å². The van der Waals surface area contributed by atoms with Crippen LogP contribution >= 0.6 is 50.7 Å². The number of para-hydroxylation sites is 1. The summed E-state index contributed by atoms with van der Waals surface area (Å²) < 4.78 is 19.3. The molecule has 42 heavy (non-hydrogen) atoms. The maximum Gasteiger partial charge on any atom is 0.282 e. The van der Waals surface area contributed by atoms with Gasteiger partial charge in [0.2, 0.25) is 5.82 Å². The molecule has 2 aromatic heterocycles. The Hall–Kier alpha value is -3.82. The van der Waals surface area contributed by atoms with Crippen LogP contribution in [0.25, 0.3) is 33.5 Å². The van der Waals surface area contributed by atoms with Crippen molar-refractivity contribution < 1.29 is 13.9 Å². The first-order valence-electron chi connectivity index (χ1n) is 12.5. The molecule has 0 saturated carbocycles. The quantitative estimate of drug-likeness (QED) is 0.157. The SMILES string of the molecule is COc1cc(C=Nn2c(-c3cc4cc(Cl)ccc4o3)nc3ccccc3c2=O)c(Br)c(Cl)c1OCc1ccc(Cl)cc1. The van der Waals surface area contributed by atoms with Crippen LogP contribution in [0.1, 0.15) is 11.1 Å². The molecule has 0 radical (unpaired) electrons. The summed E-state index contributed by atoms with van der Waals surface area (Å²) in [5.41, 5.74) is 2.18. The van der Waals surface area contributed by atoms with E-state index in [1.54, 1.807) is 60.7 Å². The summed E-state index contributed by atoms with van der Waals surface area (Å²) in [4.78, 5) is 18.4. The molecule has 0 amide bonds. The molecule has 6 rings (SSSR count). The third-order valence-electron chi connectivity index (χ3n) is 6.44. The normalized spacial score (nSPS) is 11.5. The molecule has 0 bridgehead atoms. The summed E-state index contributed by atoms with van der Waals surface area (Å²) in [6, 6.07) is 23.1. The van der Waals surface area contributed by atoms with Crippen molar-refractivity contribution in [3.8, 4) is 23.1 Å². The van der Waals surface area contributed by atoms with Gasteiger partial charge in [-0.05, 0) is 76.1 Å². The third kappa shape index (κ3) is 5.51. The fourth-order valence-corrected chi connectivity index (χ4v) is 5.32. The minimum Gasteiger partial charge on any atom is -0.493 e. The number of ether oxygens (including phenoxy) is 2. The zero-order valence-electron chi connectivity index (χ0n) is 21.8. The molecule has 0 unspecified atom stereocenters. The highest BCUT2D eigenvalue weighted by atomic mass is 79.9. The van der Waals surface area contributed by atoms with Gasteiger partial charge in [0.25, 0.3) is 5.56 Å². The first kappa shape index (κ1) is 28.3. The Morgan fingerprint density at radius 2 is 1.76 bits per heavy atom. The largest absolute Gasteiger partial charge is 0.493 e. The second-order valence-electron chi connectivity index (χ2n) is 9.15. The number of hydrogen-bond donors (Lipinski definition) is 0. The van der Waals surface area contributed by atoms with Crippen molar-refractivity contribution >= 4 is 78.8 Å². The zero-order valence-corrected chi connectivity index (χ0v) is 25.6. The second-order valence-corrected chi connectivity index (χ2v) is 11.2. The number of methoxy groups -OCH3 is 1. The molecule has 4 aromatic carbocycles. The second kappa shape index (κ2) is 11.8. The Labute approximate surface area is 263 Å². The van der Waals surface area contributed by atoms with Gasteiger partial charge in [-0.3, -0.25) is 4.79 Å². The van der Waals surface area contributed by atoms with Crippen LogP contribution in [-0.2, 0) is 6.61 Å². The van der Waals surface area contributed by atoms with E-state index >= 15 is 0 Å². The lowest BCUT2D eigenvalue weighted by molar-refractivity contribution is 0.284. The highest BCUT2D eigenvalue weighted by Gasteiger charge is 2.19. The summed E-state index contributed by atoms with van der Waals surface area (Å²) in [6.07, 6.45) is 1.49. The Morgan fingerprint density at radius 3 is 2.55 bits per heavy atom. The zero-order chi connectivity index (χ0) is 29.4. The van der Waals surface area contributed by atoms with Gasteiger partial charge in [-0.2, -0.15) is 9.78 Å². The van der Waals surface area contributed by atoms with Gasteiger partial charge in [0.05, 0.1) is 24.2 Å². The molecule has 7 nitrogen and oxygen atoms in total. The number of halogens is 4. The molecule has 2 heterocycles. The summed E-state index contributed by atoms with van der Waals surface area (Å²) in [5.74, 6) is 1.31. The Morgan fingerprint density at radius 1 is 1.00 bits per heavy atom. The van der Waals surface area contributed by atoms with E-state index in [0.29, 0.717) is 53.8 Å². The minimum atomic E-state index is -0.373. The smallest absolute Gasteiger partial charge is 0.282 e. The van der Waals surface area contributed by atoms with Crippen molar-refractivity contribution in [2.75, 3.05) is 7.11 Å². The Bertz CT molecular complexity index is 2060. The van der Waals surface area contributed by atoms with Crippen LogP contribution in [0, 0.1) is 0 Å². The number of benzene rings is 4. The van der Waals surface area contributed by atoms with E-state index < -0.39 is 0 Å². The lowest BCUT2D eigenvalue weighted by Gasteiger charge is -2.15. The van der Waals surface area contributed by atoms with Crippen LogP contribution in [0.5, 0.6) is 11.5 Å². The summed E-state index contributed by atoms with van der Waals surface area (Å²) >= 11 is 22.4. The lowest BCUT2D eigenvalue weighted by atomic mass is 10.2. The van der Waals surface area contributed by atoms with E-state index in [0.717, 1.165) is 10.9 Å². The van der Waals surface area contributed by atoms with Gasteiger partial charge in [0, 0.05) is 25.5 Å². The highest BCUT2D eigenvalue weighted by molar-refractivity contribution is 9.10. The van der Waals surface area contributed by atoms with Crippen molar-refractivity contribution in [3.63, 3.8) is 0 Å². The topological polar surface area (TPSA) is 78.9 Å². The molecule has 0 saturated heterocycles. The molecule has 0 aliphatic heterocycles. The summed E-state index contributed by atoms with van der Waals surface area (Å²) in [6.45, 7) is 0.247. The maximum absolute atomic E-state index is 13.6. The van der Waals surface area contributed by atoms with Crippen LogP contribution in [0.4, 0.5) is 0 Å². The predicted octanol–water partition coefficient (Wildman–Crippen LogP) is 9.00. The lowest BCUT2D eigenvalue weighted by Crippen LogP contribution is -2.20. The first-order chi connectivity index (χ1) is 20.3. The van der Waals surface area contributed by atoms with Crippen molar-refractivity contribution in [1.82, 2.24) is 9.66 Å². The number of nitrogens with zero attached hydrogens (tertiary/aromatic N) is 3. The summed E-state index contributed by atoms with van der Waals surface area (Å²) in [5, 5.41) is 7.18. The van der Waals surface area contributed by atoms with E-state index in [2.05, 4.69) is 21.0 Å².